The molecule has 0 heterocycles. The second kappa shape index (κ2) is 9.66. The number of carbonyl (C=O) groups excluding carboxylic acids is 1. The average Bonchev–Trinajstić information content (AvgIpc) is 2.69. The highest BCUT2D eigenvalue weighted by molar-refractivity contribution is 7.89. The Bertz CT molecular complexity index is 928. The number of rotatable bonds is 9. The van der Waals surface area contributed by atoms with Gasteiger partial charge in [0.05, 0.1) is 7.11 Å². The summed E-state index contributed by atoms with van der Waals surface area (Å²) in [6, 6.07) is 10.6. The first kappa shape index (κ1) is 21.8. The lowest BCUT2D eigenvalue weighted by molar-refractivity contribution is 0.0953. The largest absolute Gasteiger partial charge is 0.495 e. The van der Waals surface area contributed by atoms with Gasteiger partial charge < -0.3 is 10.1 Å². The van der Waals surface area contributed by atoms with Gasteiger partial charge in [0.15, 0.2) is 0 Å². The number of hydrogen-bond acceptors (Lipinski definition) is 4. The highest BCUT2D eigenvalue weighted by atomic mass is 32.2. The van der Waals surface area contributed by atoms with Crippen molar-refractivity contribution in [2.45, 2.75) is 25.2 Å². The van der Waals surface area contributed by atoms with Crippen LogP contribution in [0.5, 0.6) is 5.75 Å². The molecule has 2 aromatic rings. The van der Waals surface area contributed by atoms with Crippen LogP contribution in [-0.2, 0) is 16.4 Å². The monoisotopic (exact) mass is 408 g/mol. The Balaban J connectivity index is 2.20. The van der Waals surface area contributed by atoms with E-state index in [1.807, 2.05) is 0 Å². The smallest absolute Gasteiger partial charge is 0.251 e. The Morgan fingerprint density at radius 3 is 2.43 bits per heavy atom. The summed E-state index contributed by atoms with van der Waals surface area (Å²) < 4.78 is 45.8. The number of halogens is 1. The SMILES string of the molecule is CCN(CC)S(=O)(=O)c1cc(C(=O)NCCc2ccccc2F)ccc1OC. The summed E-state index contributed by atoms with van der Waals surface area (Å²) >= 11 is 0. The lowest BCUT2D eigenvalue weighted by Crippen LogP contribution is -2.31. The number of methoxy groups -OCH3 is 1. The Morgan fingerprint density at radius 2 is 1.82 bits per heavy atom. The second-order valence-corrected chi connectivity index (χ2v) is 7.96. The maximum absolute atomic E-state index is 13.6. The zero-order valence-corrected chi connectivity index (χ0v) is 17.1. The molecule has 2 rings (SSSR count). The standard InChI is InChI=1S/C20H25FN2O4S/c1-4-23(5-2)28(25,26)19-14-16(10-11-18(19)27-3)20(24)22-13-12-15-8-6-7-9-17(15)21/h6-11,14H,4-5,12-13H2,1-3H3,(H,22,24). The van der Waals surface area contributed by atoms with Crippen LogP contribution in [0.1, 0.15) is 29.8 Å². The molecule has 28 heavy (non-hydrogen) atoms. The summed E-state index contributed by atoms with van der Waals surface area (Å²) in [6.45, 7) is 4.33. The third kappa shape index (κ3) is 4.88. The molecule has 0 aliphatic rings. The summed E-state index contributed by atoms with van der Waals surface area (Å²) in [5, 5.41) is 2.69. The van der Waals surface area contributed by atoms with Crippen LogP contribution < -0.4 is 10.1 Å². The van der Waals surface area contributed by atoms with Crippen molar-refractivity contribution in [2.24, 2.45) is 0 Å². The molecule has 0 aliphatic carbocycles. The number of nitrogens with one attached hydrogen (secondary N) is 1. The molecule has 0 radical (unpaired) electrons. The fourth-order valence-electron chi connectivity index (χ4n) is 2.84. The third-order valence-corrected chi connectivity index (χ3v) is 6.46. The number of amides is 1. The zero-order chi connectivity index (χ0) is 20.7. The molecule has 2 aromatic carbocycles. The normalized spacial score (nSPS) is 11.5. The van der Waals surface area contributed by atoms with Gasteiger partial charge in [-0.05, 0) is 36.2 Å². The van der Waals surface area contributed by atoms with E-state index in [1.165, 1.54) is 35.7 Å². The van der Waals surface area contributed by atoms with Gasteiger partial charge in [-0.2, -0.15) is 4.31 Å². The fraction of sp³-hybridized carbons (Fsp3) is 0.350. The maximum Gasteiger partial charge on any atom is 0.251 e. The van der Waals surface area contributed by atoms with E-state index in [2.05, 4.69) is 5.32 Å². The third-order valence-electron chi connectivity index (χ3n) is 4.39. The van der Waals surface area contributed by atoms with E-state index in [0.717, 1.165) is 0 Å². The van der Waals surface area contributed by atoms with Crippen LogP contribution in [0.25, 0.3) is 0 Å². The van der Waals surface area contributed by atoms with Crippen LogP contribution in [0.2, 0.25) is 0 Å². The van der Waals surface area contributed by atoms with E-state index in [0.29, 0.717) is 25.1 Å². The highest BCUT2D eigenvalue weighted by Crippen LogP contribution is 2.27. The predicted molar refractivity (Wildman–Crippen MR) is 106 cm³/mol. The number of hydrogen-bond donors (Lipinski definition) is 1. The summed E-state index contributed by atoms with van der Waals surface area (Å²) in [5.41, 5.74) is 0.697. The van der Waals surface area contributed by atoms with E-state index >= 15 is 0 Å². The molecular weight excluding hydrogens is 383 g/mol. The van der Waals surface area contributed by atoms with Crippen LogP contribution in [-0.4, -0.2) is 45.4 Å². The number of sulfonamides is 1. The molecule has 0 spiro atoms. The van der Waals surface area contributed by atoms with Gasteiger partial charge in [-0.1, -0.05) is 32.0 Å². The lowest BCUT2D eigenvalue weighted by Gasteiger charge is -2.20. The molecule has 0 bridgehead atoms. The molecule has 0 atom stereocenters. The summed E-state index contributed by atoms with van der Waals surface area (Å²) in [4.78, 5) is 12.4. The van der Waals surface area contributed by atoms with Crippen molar-refractivity contribution in [1.82, 2.24) is 9.62 Å². The van der Waals surface area contributed by atoms with Gasteiger partial charge in [0.1, 0.15) is 16.5 Å². The predicted octanol–water partition coefficient (Wildman–Crippen LogP) is 2.84. The highest BCUT2D eigenvalue weighted by Gasteiger charge is 2.26. The Labute approximate surface area is 165 Å². The molecule has 1 N–H and O–H groups in total. The van der Waals surface area contributed by atoms with E-state index in [4.69, 9.17) is 4.74 Å². The van der Waals surface area contributed by atoms with Crippen LogP contribution in [0, 0.1) is 5.82 Å². The van der Waals surface area contributed by atoms with Gasteiger partial charge in [-0.3, -0.25) is 4.79 Å². The molecule has 0 unspecified atom stereocenters. The van der Waals surface area contributed by atoms with Crippen molar-refractivity contribution in [3.05, 3.63) is 59.4 Å². The van der Waals surface area contributed by atoms with Crippen LogP contribution in [0.3, 0.4) is 0 Å². The quantitative estimate of drug-likeness (QED) is 0.692. The molecule has 0 saturated heterocycles. The van der Waals surface area contributed by atoms with Crippen LogP contribution in [0.4, 0.5) is 4.39 Å². The second-order valence-electron chi connectivity index (χ2n) is 6.05. The van der Waals surface area contributed by atoms with E-state index in [-0.39, 0.29) is 28.6 Å². The molecule has 0 fully saturated rings. The summed E-state index contributed by atoms with van der Waals surface area (Å²) in [5.74, 6) is -0.585. The van der Waals surface area contributed by atoms with Gasteiger partial charge in [0, 0.05) is 25.2 Å². The molecule has 0 aliphatic heterocycles. The first-order valence-corrected chi connectivity index (χ1v) is 10.5. The number of nitrogens with zero attached hydrogens (tertiary/aromatic N) is 1. The summed E-state index contributed by atoms with van der Waals surface area (Å²) in [7, 11) is -2.41. The van der Waals surface area contributed by atoms with Gasteiger partial charge in [0.2, 0.25) is 10.0 Å². The topological polar surface area (TPSA) is 75.7 Å². The van der Waals surface area contributed by atoms with Gasteiger partial charge in [-0.15, -0.1) is 0 Å². The minimum absolute atomic E-state index is 0.0551. The van der Waals surface area contributed by atoms with Crippen molar-refractivity contribution in [2.75, 3.05) is 26.7 Å². The number of benzene rings is 2. The minimum atomic E-state index is -3.79. The van der Waals surface area contributed by atoms with Crippen LogP contribution >= 0.6 is 0 Å². The van der Waals surface area contributed by atoms with Crippen molar-refractivity contribution >= 4 is 15.9 Å². The maximum atomic E-state index is 13.6. The van der Waals surface area contributed by atoms with Crippen molar-refractivity contribution in [3.8, 4) is 5.75 Å². The van der Waals surface area contributed by atoms with Gasteiger partial charge >= 0.3 is 0 Å². The Hall–Kier alpha value is -2.45. The molecule has 8 heteroatoms. The molecule has 1 amide bonds. The molecular formula is C20H25FN2O4S. The summed E-state index contributed by atoms with van der Waals surface area (Å²) in [6.07, 6.45) is 0.333. The van der Waals surface area contributed by atoms with Crippen LogP contribution in [0.15, 0.2) is 47.4 Å². The first-order valence-electron chi connectivity index (χ1n) is 9.04. The Morgan fingerprint density at radius 1 is 1.14 bits per heavy atom. The van der Waals surface area contributed by atoms with Crippen molar-refractivity contribution in [3.63, 3.8) is 0 Å². The first-order chi connectivity index (χ1) is 13.3. The van der Waals surface area contributed by atoms with E-state index < -0.39 is 15.9 Å². The van der Waals surface area contributed by atoms with E-state index in [1.54, 1.807) is 32.0 Å². The number of carbonyl (C=O) groups is 1. The fourth-order valence-corrected chi connectivity index (χ4v) is 4.48. The van der Waals surface area contributed by atoms with Crippen molar-refractivity contribution in [1.29, 1.82) is 0 Å². The Kier molecular flexibility index (Phi) is 7.53. The lowest BCUT2D eigenvalue weighted by atomic mass is 10.1. The number of ether oxygens (including phenoxy) is 1. The molecule has 0 saturated carbocycles. The molecule has 152 valence electrons. The zero-order valence-electron chi connectivity index (χ0n) is 16.2. The van der Waals surface area contributed by atoms with Crippen molar-refractivity contribution < 1.29 is 22.3 Å². The molecule has 0 aromatic heterocycles. The molecule has 6 nitrogen and oxygen atoms in total. The van der Waals surface area contributed by atoms with Gasteiger partial charge in [-0.25, -0.2) is 12.8 Å². The van der Waals surface area contributed by atoms with E-state index in [9.17, 15) is 17.6 Å². The minimum Gasteiger partial charge on any atom is -0.495 e. The van der Waals surface area contributed by atoms with Gasteiger partial charge in [0.25, 0.3) is 5.91 Å². The average molecular weight is 408 g/mol.